The van der Waals surface area contributed by atoms with Gasteiger partial charge in [-0.2, -0.15) is 8.78 Å². The molecule has 0 spiro atoms. The molecule has 1 aliphatic heterocycles. The van der Waals surface area contributed by atoms with Crippen LogP contribution in [0.5, 0.6) is 5.75 Å². The van der Waals surface area contributed by atoms with Crippen LogP contribution in [0, 0.1) is 0 Å². The first-order chi connectivity index (χ1) is 10.0. The van der Waals surface area contributed by atoms with Crippen LogP contribution in [0.4, 0.5) is 14.5 Å². The summed E-state index contributed by atoms with van der Waals surface area (Å²) >= 11 is 0. The van der Waals surface area contributed by atoms with Gasteiger partial charge in [-0.1, -0.05) is 0 Å². The highest BCUT2D eigenvalue weighted by atomic mass is 19.3. The normalized spacial score (nSPS) is 19.8. The minimum Gasteiger partial charge on any atom is -0.423 e. The first kappa shape index (κ1) is 14.3. The number of aryl methyl sites for hydroxylation is 2. The van der Waals surface area contributed by atoms with Gasteiger partial charge in [0.05, 0.1) is 12.3 Å². The summed E-state index contributed by atoms with van der Waals surface area (Å²) in [5.41, 5.74) is 2.57. The van der Waals surface area contributed by atoms with Gasteiger partial charge in [-0.15, -0.1) is 0 Å². The molecule has 4 nitrogen and oxygen atoms in total. The van der Waals surface area contributed by atoms with E-state index < -0.39 is 12.0 Å². The fourth-order valence-electron chi connectivity index (χ4n) is 2.90. The van der Waals surface area contributed by atoms with Crippen LogP contribution in [-0.2, 0) is 22.4 Å². The number of ether oxygens (including phenoxy) is 2. The third-order valence-corrected chi connectivity index (χ3v) is 3.97. The van der Waals surface area contributed by atoms with Crippen molar-refractivity contribution in [1.82, 2.24) is 0 Å². The van der Waals surface area contributed by atoms with E-state index in [9.17, 15) is 13.6 Å². The first-order valence-electron chi connectivity index (χ1n) is 7.06. The Hall–Kier alpha value is -1.69. The van der Waals surface area contributed by atoms with Gasteiger partial charge >= 0.3 is 12.0 Å². The van der Waals surface area contributed by atoms with Gasteiger partial charge in [-0.05, 0) is 48.9 Å². The van der Waals surface area contributed by atoms with Crippen LogP contribution in [0.15, 0.2) is 12.1 Å². The lowest BCUT2D eigenvalue weighted by molar-refractivity contribution is -0.193. The second-order valence-corrected chi connectivity index (χ2v) is 5.36. The second kappa shape index (κ2) is 5.26. The van der Waals surface area contributed by atoms with Crippen molar-refractivity contribution in [2.24, 2.45) is 0 Å². The molecule has 21 heavy (non-hydrogen) atoms. The van der Waals surface area contributed by atoms with Crippen LogP contribution in [0.3, 0.4) is 0 Å². The molecule has 1 heterocycles. The Kier molecular flexibility index (Phi) is 3.57. The molecule has 1 aromatic carbocycles. The molecule has 0 radical (unpaired) electrons. The summed E-state index contributed by atoms with van der Waals surface area (Å²) in [5, 5.41) is 0. The first-order valence-corrected chi connectivity index (χ1v) is 7.06. The van der Waals surface area contributed by atoms with Crippen molar-refractivity contribution in [3.63, 3.8) is 0 Å². The zero-order chi connectivity index (χ0) is 15.0. The molecular weight excluding hydrogens is 280 g/mol. The minimum absolute atomic E-state index is 0.0800. The van der Waals surface area contributed by atoms with E-state index in [1.54, 1.807) is 6.07 Å². The van der Waals surface area contributed by atoms with E-state index in [-0.39, 0.29) is 18.9 Å². The molecule has 2 aliphatic rings. The van der Waals surface area contributed by atoms with E-state index in [2.05, 4.69) is 4.74 Å². The number of rotatable bonds is 3. The molecule has 1 aliphatic carbocycles. The van der Waals surface area contributed by atoms with Crippen molar-refractivity contribution >= 4 is 11.6 Å². The van der Waals surface area contributed by atoms with Crippen LogP contribution >= 0.6 is 0 Å². The number of carbonyl (C=O) groups is 1. The number of carbonyl (C=O) groups excluding carboxylic acids is 1. The molecule has 0 fully saturated rings. The summed E-state index contributed by atoms with van der Waals surface area (Å²) in [6, 6.07) is 3.47. The number of nitrogens with zero attached hydrogens (tertiary/aromatic N) is 1. The smallest absolute Gasteiger partial charge is 0.423 e. The number of halogens is 2. The average Bonchev–Trinajstić information content (AvgIpc) is 2.46. The third kappa shape index (κ3) is 2.48. The largest absolute Gasteiger partial charge is 0.482 e. The number of hydrogen-bond donors (Lipinski definition) is 0. The Morgan fingerprint density at radius 2 is 1.95 bits per heavy atom. The minimum atomic E-state index is -3.82. The van der Waals surface area contributed by atoms with Crippen molar-refractivity contribution in [3.8, 4) is 5.75 Å². The molecule has 6 heteroatoms. The highest BCUT2D eigenvalue weighted by Crippen LogP contribution is 2.42. The summed E-state index contributed by atoms with van der Waals surface area (Å²) in [5.74, 6) is -1.25. The topological polar surface area (TPSA) is 38.8 Å². The third-order valence-electron chi connectivity index (χ3n) is 3.97. The Balaban J connectivity index is 2.04. The van der Waals surface area contributed by atoms with Gasteiger partial charge in [0.1, 0.15) is 0 Å². The van der Waals surface area contributed by atoms with Crippen molar-refractivity contribution < 1.29 is 23.0 Å². The van der Waals surface area contributed by atoms with E-state index in [1.807, 2.05) is 6.07 Å². The average molecular weight is 297 g/mol. The highest BCUT2D eigenvalue weighted by molar-refractivity contribution is 6.01. The maximum atomic E-state index is 13.7. The van der Waals surface area contributed by atoms with Gasteiger partial charge in [0.2, 0.25) is 0 Å². The number of alkyl halides is 2. The van der Waals surface area contributed by atoms with Gasteiger partial charge < -0.3 is 9.47 Å². The van der Waals surface area contributed by atoms with Crippen LogP contribution in [0.2, 0.25) is 0 Å². The summed E-state index contributed by atoms with van der Waals surface area (Å²) < 4.78 is 37.0. The number of hydrogen-bond acceptors (Lipinski definition) is 3. The summed E-state index contributed by atoms with van der Waals surface area (Å²) in [6.07, 6.45) is 0.0852. The summed E-state index contributed by atoms with van der Waals surface area (Å²) in [4.78, 5) is 12.9. The van der Waals surface area contributed by atoms with Crippen LogP contribution < -0.4 is 9.64 Å². The standard InChI is InChI=1S/C15H17F2NO3/c1-20-7-6-18-12-8-10-4-2-3-5-11(10)9-13(12)21-15(16,17)14(18)19/h8-9H,2-7H2,1H3. The molecule has 3 rings (SSSR count). The quantitative estimate of drug-likeness (QED) is 0.860. The Morgan fingerprint density at radius 1 is 1.29 bits per heavy atom. The van der Waals surface area contributed by atoms with Gasteiger partial charge in [-0.3, -0.25) is 9.69 Å². The molecular formula is C15H17F2NO3. The lowest BCUT2D eigenvalue weighted by Gasteiger charge is -2.34. The lowest BCUT2D eigenvalue weighted by atomic mass is 9.90. The van der Waals surface area contributed by atoms with Crippen LogP contribution in [0.25, 0.3) is 0 Å². The number of amides is 1. The van der Waals surface area contributed by atoms with E-state index in [4.69, 9.17) is 4.74 Å². The predicted molar refractivity (Wildman–Crippen MR) is 72.9 cm³/mol. The Labute approximate surface area is 121 Å². The Morgan fingerprint density at radius 3 is 2.62 bits per heavy atom. The molecule has 0 bridgehead atoms. The lowest BCUT2D eigenvalue weighted by Crippen LogP contribution is -2.51. The summed E-state index contributed by atoms with van der Waals surface area (Å²) in [6.45, 7) is 0.276. The van der Waals surface area contributed by atoms with Crippen molar-refractivity contribution in [1.29, 1.82) is 0 Å². The fourth-order valence-corrected chi connectivity index (χ4v) is 2.90. The molecule has 1 amide bonds. The second-order valence-electron chi connectivity index (χ2n) is 5.36. The van der Waals surface area contributed by atoms with Gasteiger partial charge in [-0.25, -0.2) is 0 Å². The zero-order valence-electron chi connectivity index (χ0n) is 11.8. The van der Waals surface area contributed by atoms with Gasteiger partial charge in [0.15, 0.2) is 5.75 Å². The molecule has 0 N–H and O–H groups in total. The number of benzene rings is 1. The maximum Gasteiger partial charge on any atom is 0.482 e. The molecule has 0 aromatic heterocycles. The van der Waals surface area contributed by atoms with E-state index in [0.717, 1.165) is 41.7 Å². The van der Waals surface area contributed by atoms with E-state index in [0.29, 0.717) is 5.69 Å². The van der Waals surface area contributed by atoms with Crippen molar-refractivity contribution in [2.75, 3.05) is 25.2 Å². The highest BCUT2D eigenvalue weighted by Gasteiger charge is 2.50. The zero-order valence-corrected chi connectivity index (χ0v) is 11.8. The monoisotopic (exact) mass is 297 g/mol. The maximum absolute atomic E-state index is 13.7. The molecule has 0 saturated heterocycles. The summed E-state index contributed by atoms with van der Waals surface area (Å²) in [7, 11) is 1.47. The van der Waals surface area contributed by atoms with E-state index >= 15 is 0 Å². The van der Waals surface area contributed by atoms with Crippen molar-refractivity contribution in [2.45, 2.75) is 31.8 Å². The SMILES string of the molecule is COCCN1C(=O)C(F)(F)Oc2cc3c(cc21)CCCC3. The molecule has 1 aromatic rings. The van der Waals surface area contributed by atoms with E-state index in [1.165, 1.54) is 7.11 Å². The number of methoxy groups -OCH3 is 1. The van der Waals surface area contributed by atoms with Crippen LogP contribution in [0.1, 0.15) is 24.0 Å². The molecule has 0 saturated carbocycles. The van der Waals surface area contributed by atoms with Crippen molar-refractivity contribution in [3.05, 3.63) is 23.3 Å². The Bertz CT molecular complexity index is 574. The number of fused-ring (bicyclic) bond motifs is 2. The predicted octanol–water partition coefficient (Wildman–Crippen LogP) is 2.53. The molecule has 0 atom stereocenters. The van der Waals surface area contributed by atoms with Crippen LogP contribution in [-0.4, -0.2) is 32.3 Å². The van der Waals surface area contributed by atoms with Gasteiger partial charge in [0, 0.05) is 13.7 Å². The molecule has 0 unspecified atom stereocenters. The molecule has 114 valence electrons. The fraction of sp³-hybridized carbons (Fsp3) is 0.533. The van der Waals surface area contributed by atoms with Gasteiger partial charge in [0.25, 0.3) is 0 Å². The number of anilines is 1.